The van der Waals surface area contributed by atoms with Gasteiger partial charge in [-0.1, -0.05) is 0 Å². The molecule has 1 aliphatic heterocycles. The first-order chi connectivity index (χ1) is 14.6. The molecule has 0 saturated carbocycles. The second kappa shape index (κ2) is 12.3. The van der Waals surface area contributed by atoms with Crippen LogP contribution >= 0.6 is 24.0 Å². The minimum Gasteiger partial charge on any atom is -0.494 e. The molecular weight excluding hydrogens is 509 g/mol. The Hall–Kier alpha value is -2.56. The SMILES string of the molecule is CCNC(=NCc1cc2c(cc1OCC)CC(C)O2)NCC(=O)Nc1cccnc1.I. The fraction of sp³-hybridized carbons (Fsp3) is 0.409. The molecule has 1 amide bonds. The summed E-state index contributed by atoms with van der Waals surface area (Å²) in [6.07, 6.45) is 4.31. The maximum Gasteiger partial charge on any atom is 0.243 e. The van der Waals surface area contributed by atoms with E-state index in [0.29, 0.717) is 31.3 Å². The van der Waals surface area contributed by atoms with E-state index in [1.807, 2.05) is 19.9 Å². The minimum atomic E-state index is -0.177. The lowest BCUT2D eigenvalue weighted by molar-refractivity contribution is -0.115. The van der Waals surface area contributed by atoms with E-state index in [1.54, 1.807) is 24.5 Å². The number of carbonyl (C=O) groups is 1. The Bertz CT molecular complexity index is 892. The zero-order valence-electron chi connectivity index (χ0n) is 18.1. The molecule has 0 spiro atoms. The zero-order valence-corrected chi connectivity index (χ0v) is 20.4. The Kier molecular flexibility index (Phi) is 9.83. The Morgan fingerprint density at radius 1 is 1.32 bits per heavy atom. The standard InChI is InChI=1S/C22H29N5O3.HI/c1-4-24-22(26-14-21(28)27-18-7-6-8-23-13-18)25-12-17-11-20-16(9-15(3)30-20)10-19(17)29-5-2;/h6-8,10-11,13,15H,4-5,9,12,14H2,1-3H3,(H,27,28)(H2,24,25,26);1H. The third kappa shape index (κ3) is 7.27. The van der Waals surface area contributed by atoms with E-state index in [2.05, 4.69) is 38.9 Å². The number of aliphatic imine (C=N–C) groups is 1. The van der Waals surface area contributed by atoms with Crippen molar-refractivity contribution in [1.82, 2.24) is 15.6 Å². The average Bonchev–Trinajstić information content (AvgIpc) is 3.09. The molecule has 31 heavy (non-hydrogen) atoms. The number of hydrogen-bond acceptors (Lipinski definition) is 5. The van der Waals surface area contributed by atoms with Crippen LogP contribution in [0.5, 0.6) is 11.5 Å². The molecular formula is C22H30IN5O3. The molecule has 2 heterocycles. The molecule has 0 saturated heterocycles. The molecule has 1 aromatic heterocycles. The van der Waals surface area contributed by atoms with Crippen molar-refractivity contribution in [3.8, 4) is 11.5 Å². The van der Waals surface area contributed by atoms with Gasteiger partial charge in [-0.25, -0.2) is 4.99 Å². The van der Waals surface area contributed by atoms with Crippen molar-refractivity contribution in [3.05, 3.63) is 47.8 Å². The number of aromatic nitrogens is 1. The van der Waals surface area contributed by atoms with Crippen LogP contribution in [-0.2, 0) is 17.8 Å². The van der Waals surface area contributed by atoms with Crippen LogP contribution in [0.25, 0.3) is 0 Å². The van der Waals surface area contributed by atoms with Crippen LogP contribution in [0.4, 0.5) is 5.69 Å². The topological polar surface area (TPSA) is 96.9 Å². The molecule has 168 valence electrons. The highest BCUT2D eigenvalue weighted by molar-refractivity contribution is 14.0. The number of halogens is 1. The molecule has 0 bridgehead atoms. The molecule has 0 radical (unpaired) electrons. The summed E-state index contributed by atoms with van der Waals surface area (Å²) in [5.41, 5.74) is 2.76. The average molecular weight is 539 g/mol. The second-order valence-corrected chi connectivity index (χ2v) is 6.97. The van der Waals surface area contributed by atoms with E-state index < -0.39 is 0 Å². The zero-order chi connectivity index (χ0) is 21.3. The number of ether oxygens (including phenoxy) is 2. The number of pyridine rings is 1. The molecule has 3 N–H and O–H groups in total. The normalized spacial score (nSPS) is 14.7. The van der Waals surface area contributed by atoms with Crippen molar-refractivity contribution in [2.45, 2.75) is 39.8 Å². The summed E-state index contributed by atoms with van der Waals surface area (Å²) in [6, 6.07) is 7.61. The molecule has 8 nitrogen and oxygen atoms in total. The van der Waals surface area contributed by atoms with Gasteiger partial charge in [0.25, 0.3) is 0 Å². The lowest BCUT2D eigenvalue weighted by Gasteiger charge is -2.14. The van der Waals surface area contributed by atoms with Crippen molar-refractivity contribution >= 4 is 41.5 Å². The summed E-state index contributed by atoms with van der Waals surface area (Å²) in [6.45, 7) is 7.75. The predicted molar refractivity (Wildman–Crippen MR) is 133 cm³/mol. The van der Waals surface area contributed by atoms with E-state index in [0.717, 1.165) is 29.0 Å². The number of amides is 1. The van der Waals surface area contributed by atoms with Crippen molar-refractivity contribution in [3.63, 3.8) is 0 Å². The molecule has 1 aliphatic rings. The van der Waals surface area contributed by atoms with E-state index in [4.69, 9.17) is 9.47 Å². The molecule has 0 aliphatic carbocycles. The molecule has 2 aromatic rings. The van der Waals surface area contributed by atoms with Crippen molar-refractivity contribution < 1.29 is 14.3 Å². The molecule has 1 unspecified atom stereocenters. The van der Waals surface area contributed by atoms with Gasteiger partial charge in [0.05, 0.1) is 31.6 Å². The number of anilines is 1. The number of nitrogens with one attached hydrogen (secondary N) is 3. The van der Waals surface area contributed by atoms with Crippen molar-refractivity contribution in [1.29, 1.82) is 0 Å². The lowest BCUT2D eigenvalue weighted by Crippen LogP contribution is -2.41. The molecule has 9 heteroatoms. The third-order valence-electron chi connectivity index (χ3n) is 4.49. The maximum absolute atomic E-state index is 12.2. The van der Waals surface area contributed by atoms with Gasteiger partial charge in [0.15, 0.2) is 5.96 Å². The van der Waals surface area contributed by atoms with Crippen LogP contribution in [0.15, 0.2) is 41.7 Å². The summed E-state index contributed by atoms with van der Waals surface area (Å²) in [5, 5.41) is 9.00. The molecule has 1 atom stereocenters. The summed E-state index contributed by atoms with van der Waals surface area (Å²) < 4.78 is 11.7. The first kappa shape index (κ1) is 24.7. The van der Waals surface area contributed by atoms with Crippen LogP contribution in [0.1, 0.15) is 31.9 Å². The highest BCUT2D eigenvalue weighted by Crippen LogP contribution is 2.35. The van der Waals surface area contributed by atoms with Gasteiger partial charge in [-0.2, -0.15) is 0 Å². The molecule has 0 fully saturated rings. The van der Waals surface area contributed by atoms with Crippen LogP contribution < -0.4 is 25.4 Å². The lowest BCUT2D eigenvalue weighted by atomic mass is 10.1. The smallest absolute Gasteiger partial charge is 0.243 e. The molecule has 3 rings (SSSR count). The highest BCUT2D eigenvalue weighted by atomic mass is 127. The van der Waals surface area contributed by atoms with Crippen LogP contribution in [0.2, 0.25) is 0 Å². The largest absolute Gasteiger partial charge is 0.494 e. The number of rotatable bonds is 8. The fourth-order valence-electron chi connectivity index (χ4n) is 3.21. The van der Waals surface area contributed by atoms with Crippen LogP contribution in [0, 0.1) is 0 Å². The van der Waals surface area contributed by atoms with Gasteiger partial charge in [-0.05, 0) is 45.0 Å². The Morgan fingerprint density at radius 3 is 2.87 bits per heavy atom. The summed E-state index contributed by atoms with van der Waals surface area (Å²) >= 11 is 0. The van der Waals surface area contributed by atoms with Gasteiger partial charge in [-0.3, -0.25) is 9.78 Å². The Morgan fingerprint density at radius 2 is 2.16 bits per heavy atom. The van der Waals surface area contributed by atoms with E-state index in [9.17, 15) is 4.79 Å². The second-order valence-electron chi connectivity index (χ2n) is 6.97. The van der Waals surface area contributed by atoms with Gasteiger partial charge in [0, 0.05) is 30.3 Å². The van der Waals surface area contributed by atoms with Crippen molar-refractivity contribution in [2.75, 3.05) is 25.0 Å². The quantitative estimate of drug-likeness (QED) is 0.271. The number of nitrogens with zero attached hydrogens (tertiary/aromatic N) is 2. The first-order valence-corrected chi connectivity index (χ1v) is 10.3. The molecule has 1 aromatic carbocycles. The number of fused-ring (bicyclic) bond motifs is 1. The van der Waals surface area contributed by atoms with Gasteiger partial charge in [-0.15, -0.1) is 24.0 Å². The Balaban J connectivity index is 0.00000341. The van der Waals surface area contributed by atoms with Crippen LogP contribution in [-0.4, -0.2) is 42.7 Å². The number of carbonyl (C=O) groups excluding carboxylic acids is 1. The Labute approximate surface area is 200 Å². The van der Waals surface area contributed by atoms with Crippen LogP contribution in [0.3, 0.4) is 0 Å². The number of guanidine groups is 1. The number of hydrogen-bond donors (Lipinski definition) is 3. The van der Waals surface area contributed by atoms with Gasteiger partial charge < -0.3 is 25.4 Å². The predicted octanol–water partition coefficient (Wildman–Crippen LogP) is 3.12. The summed E-state index contributed by atoms with van der Waals surface area (Å²) in [5.74, 6) is 2.09. The fourth-order valence-corrected chi connectivity index (χ4v) is 3.21. The summed E-state index contributed by atoms with van der Waals surface area (Å²) in [4.78, 5) is 20.8. The third-order valence-corrected chi connectivity index (χ3v) is 4.49. The maximum atomic E-state index is 12.2. The first-order valence-electron chi connectivity index (χ1n) is 10.3. The van der Waals surface area contributed by atoms with Gasteiger partial charge in [0.1, 0.15) is 17.6 Å². The van der Waals surface area contributed by atoms with Crippen molar-refractivity contribution in [2.24, 2.45) is 4.99 Å². The number of benzene rings is 1. The monoisotopic (exact) mass is 539 g/mol. The van der Waals surface area contributed by atoms with Gasteiger partial charge >= 0.3 is 0 Å². The highest BCUT2D eigenvalue weighted by Gasteiger charge is 2.21. The van der Waals surface area contributed by atoms with Gasteiger partial charge in [0.2, 0.25) is 5.91 Å². The van der Waals surface area contributed by atoms with E-state index >= 15 is 0 Å². The van der Waals surface area contributed by atoms with E-state index in [1.165, 1.54) is 0 Å². The summed E-state index contributed by atoms with van der Waals surface area (Å²) in [7, 11) is 0. The van der Waals surface area contributed by atoms with E-state index in [-0.39, 0.29) is 42.5 Å². The minimum absolute atomic E-state index is 0.